The normalized spacial score (nSPS) is 12.2. The Morgan fingerprint density at radius 3 is 2.60 bits per heavy atom. The zero-order chi connectivity index (χ0) is 18.9. The zero-order valence-corrected chi connectivity index (χ0v) is 14.3. The summed E-state index contributed by atoms with van der Waals surface area (Å²) in [5.41, 5.74) is 0.0106. The monoisotopic (exact) mass is 368 g/mol. The Kier molecular flexibility index (Phi) is 7.99. The highest BCUT2D eigenvalue weighted by Gasteiger charge is 2.22. The molecule has 1 aromatic carbocycles. The fraction of sp³-hybridized carbons (Fsp3) is 0.250. The molecule has 9 heteroatoms. The highest BCUT2D eigenvalue weighted by Crippen LogP contribution is 2.11. The SMILES string of the molecule is C=CCNS(=O)(=O)c1cccc(C(=O)NC(COCC=C)C(=O)O)c1. The van der Waals surface area contributed by atoms with E-state index in [0.29, 0.717) is 0 Å². The van der Waals surface area contributed by atoms with Gasteiger partial charge >= 0.3 is 5.97 Å². The number of hydrogen-bond acceptors (Lipinski definition) is 5. The maximum absolute atomic E-state index is 12.2. The lowest BCUT2D eigenvalue weighted by molar-refractivity contribution is -0.140. The van der Waals surface area contributed by atoms with E-state index in [1.54, 1.807) is 0 Å². The van der Waals surface area contributed by atoms with Crippen molar-refractivity contribution in [2.45, 2.75) is 10.9 Å². The minimum absolute atomic E-state index is 0.0106. The summed E-state index contributed by atoms with van der Waals surface area (Å²) in [6.07, 6.45) is 2.83. The fourth-order valence-corrected chi connectivity index (χ4v) is 2.79. The first-order valence-corrected chi connectivity index (χ1v) is 8.73. The molecule has 0 spiro atoms. The number of amides is 1. The summed E-state index contributed by atoms with van der Waals surface area (Å²) >= 11 is 0. The van der Waals surface area contributed by atoms with Gasteiger partial charge < -0.3 is 15.2 Å². The van der Waals surface area contributed by atoms with E-state index in [0.717, 1.165) is 6.07 Å². The van der Waals surface area contributed by atoms with Gasteiger partial charge in [0, 0.05) is 12.1 Å². The number of rotatable bonds is 11. The van der Waals surface area contributed by atoms with Crippen LogP contribution >= 0.6 is 0 Å². The van der Waals surface area contributed by atoms with Crippen molar-refractivity contribution in [1.29, 1.82) is 0 Å². The Hall–Kier alpha value is -2.49. The summed E-state index contributed by atoms with van der Waals surface area (Å²) in [5, 5.41) is 11.4. The molecule has 1 amide bonds. The molecule has 0 radical (unpaired) electrons. The highest BCUT2D eigenvalue weighted by molar-refractivity contribution is 7.89. The van der Waals surface area contributed by atoms with Crippen molar-refractivity contribution < 1.29 is 27.9 Å². The maximum Gasteiger partial charge on any atom is 0.328 e. The molecule has 136 valence electrons. The third kappa shape index (κ3) is 6.49. The molecule has 0 aliphatic rings. The van der Waals surface area contributed by atoms with Gasteiger partial charge in [-0.05, 0) is 18.2 Å². The number of carboxylic acid groups (broad SMARTS) is 1. The molecule has 1 unspecified atom stereocenters. The highest BCUT2D eigenvalue weighted by atomic mass is 32.2. The van der Waals surface area contributed by atoms with Crippen LogP contribution in [0, 0.1) is 0 Å². The van der Waals surface area contributed by atoms with Crippen LogP contribution in [0.5, 0.6) is 0 Å². The molecule has 1 rings (SSSR count). The van der Waals surface area contributed by atoms with Crippen LogP contribution in [0.1, 0.15) is 10.4 Å². The van der Waals surface area contributed by atoms with Crippen molar-refractivity contribution >= 4 is 21.9 Å². The first-order chi connectivity index (χ1) is 11.8. The Morgan fingerprint density at radius 1 is 1.28 bits per heavy atom. The molecular weight excluding hydrogens is 348 g/mol. The van der Waals surface area contributed by atoms with E-state index in [2.05, 4.69) is 23.2 Å². The van der Waals surface area contributed by atoms with Gasteiger partial charge in [-0.25, -0.2) is 17.9 Å². The van der Waals surface area contributed by atoms with Crippen LogP contribution in [0.3, 0.4) is 0 Å². The van der Waals surface area contributed by atoms with E-state index in [1.165, 1.54) is 30.4 Å². The number of aliphatic carboxylic acids is 1. The third-order valence-corrected chi connectivity index (χ3v) is 4.37. The maximum atomic E-state index is 12.2. The second-order valence-electron chi connectivity index (χ2n) is 4.86. The number of hydrogen-bond donors (Lipinski definition) is 3. The molecule has 0 heterocycles. The van der Waals surface area contributed by atoms with E-state index in [4.69, 9.17) is 9.84 Å². The number of carbonyl (C=O) groups excluding carboxylic acids is 1. The number of benzene rings is 1. The Balaban J connectivity index is 2.91. The predicted octanol–water partition coefficient (Wildman–Crippen LogP) is 0.537. The van der Waals surface area contributed by atoms with Crippen LogP contribution in [0.15, 0.2) is 54.5 Å². The molecule has 0 aromatic heterocycles. The summed E-state index contributed by atoms with van der Waals surface area (Å²) in [4.78, 5) is 23.3. The quantitative estimate of drug-likeness (QED) is 0.387. The first-order valence-electron chi connectivity index (χ1n) is 7.24. The summed E-state index contributed by atoms with van der Waals surface area (Å²) in [7, 11) is -3.79. The molecule has 1 aromatic rings. The second-order valence-corrected chi connectivity index (χ2v) is 6.63. The molecule has 1 atom stereocenters. The molecule has 8 nitrogen and oxygen atoms in total. The predicted molar refractivity (Wildman–Crippen MR) is 91.7 cm³/mol. The van der Waals surface area contributed by atoms with Crippen LogP contribution in [0.2, 0.25) is 0 Å². The van der Waals surface area contributed by atoms with Gasteiger partial charge in [-0.1, -0.05) is 18.2 Å². The molecule has 0 saturated carbocycles. The molecule has 25 heavy (non-hydrogen) atoms. The van der Waals surface area contributed by atoms with Gasteiger partial charge in [-0.2, -0.15) is 0 Å². The Labute approximate surface area is 146 Å². The van der Waals surface area contributed by atoms with E-state index in [1.807, 2.05) is 0 Å². The number of sulfonamides is 1. The molecule has 0 aliphatic heterocycles. The van der Waals surface area contributed by atoms with Gasteiger partial charge in [0.05, 0.1) is 18.1 Å². The smallest absolute Gasteiger partial charge is 0.328 e. The van der Waals surface area contributed by atoms with Crippen molar-refractivity contribution in [3.63, 3.8) is 0 Å². The average Bonchev–Trinajstić information content (AvgIpc) is 2.59. The molecule has 3 N–H and O–H groups in total. The van der Waals surface area contributed by atoms with Gasteiger partial charge in [0.2, 0.25) is 10.0 Å². The largest absolute Gasteiger partial charge is 0.480 e. The van der Waals surface area contributed by atoms with Gasteiger partial charge in [0.1, 0.15) is 0 Å². The van der Waals surface area contributed by atoms with Crippen LogP contribution in [0.25, 0.3) is 0 Å². The molecular formula is C16H20N2O6S. The summed E-state index contributed by atoms with van der Waals surface area (Å²) < 4.78 is 31.4. The molecule has 0 saturated heterocycles. The first kappa shape index (κ1) is 20.6. The number of ether oxygens (including phenoxy) is 1. The standard InChI is InChI=1S/C16H20N2O6S/c1-3-8-17-25(22,23)13-7-5-6-12(10-13)15(19)18-14(16(20)21)11-24-9-4-2/h3-7,10,14,17H,1-2,8-9,11H2,(H,18,19)(H,20,21). The number of nitrogens with one attached hydrogen (secondary N) is 2. The van der Waals surface area contributed by atoms with Crippen LogP contribution < -0.4 is 10.0 Å². The van der Waals surface area contributed by atoms with Gasteiger partial charge in [-0.15, -0.1) is 13.2 Å². The van der Waals surface area contributed by atoms with E-state index < -0.39 is 27.9 Å². The number of carbonyl (C=O) groups is 2. The number of carboxylic acids is 1. The van der Waals surface area contributed by atoms with Gasteiger partial charge in [-0.3, -0.25) is 4.79 Å². The third-order valence-electron chi connectivity index (χ3n) is 2.95. The van der Waals surface area contributed by atoms with Crippen molar-refractivity contribution in [1.82, 2.24) is 10.0 Å². The summed E-state index contributed by atoms with van der Waals surface area (Å²) in [5.74, 6) is -2.00. The van der Waals surface area contributed by atoms with Crippen molar-refractivity contribution in [3.05, 3.63) is 55.1 Å². The minimum Gasteiger partial charge on any atom is -0.480 e. The average molecular weight is 368 g/mol. The van der Waals surface area contributed by atoms with E-state index in [-0.39, 0.29) is 30.2 Å². The van der Waals surface area contributed by atoms with E-state index in [9.17, 15) is 18.0 Å². The zero-order valence-electron chi connectivity index (χ0n) is 13.5. The lowest BCUT2D eigenvalue weighted by Gasteiger charge is -2.14. The lowest BCUT2D eigenvalue weighted by atomic mass is 10.2. The Bertz CT molecular complexity index is 745. The fourth-order valence-electron chi connectivity index (χ4n) is 1.74. The van der Waals surface area contributed by atoms with Crippen LogP contribution in [-0.2, 0) is 19.6 Å². The minimum atomic E-state index is -3.79. The van der Waals surface area contributed by atoms with Crippen molar-refractivity contribution in [2.75, 3.05) is 19.8 Å². The van der Waals surface area contributed by atoms with Crippen molar-refractivity contribution in [2.24, 2.45) is 0 Å². The van der Waals surface area contributed by atoms with Gasteiger partial charge in [0.15, 0.2) is 6.04 Å². The van der Waals surface area contributed by atoms with Crippen molar-refractivity contribution in [3.8, 4) is 0 Å². The molecule has 0 aliphatic carbocycles. The van der Waals surface area contributed by atoms with E-state index >= 15 is 0 Å². The summed E-state index contributed by atoms with van der Waals surface area (Å²) in [6, 6.07) is 3.98. The topological polar surface area (TPSA) is 122 Å². The van der Waals surface area contributed by atoms with Crippen LogP contribution in [0.4, 0.5) is 0 Å². The molecule has 0 bridgehead atoms. The second kappa shape index (κ2) is 9.72. The molecule has 0 fully saturated rings. The van der Waals surface area contributed by atoms with Gasteiger partial charge in [0.25, 0.3) is 5.91 Å². The summed E-state index contributed by atoms with van der Waals surface area (Å²) in [6.45, 7) is 6.79. The Morgan fingerprint density at radius 2 is 2.00 bits per heavy atom. The lowest BCUT2D eigenvalue weighted by Crippen LogP contribution is -2.44. The van der Waals surface area contributed by atoms with Crippen LogP contribution in [-0.4, -0.2) is 51.2 Å².